The predicted molar refractivity (Wildman–Crippen MR) is 111 cm³/mol. The number of pyridine rings is 1. The van der Waals surface area contributed by atoms with Crippen LogP contribution < -0.4 is 10.2 Å². The Kier molecular flexibility index (Phi) is 4.89. The lowest BCUT2D eigenvalue weighted by Crippen LogP contribution is -2.44. The Hall–Kier alpha value is -2.93. The van der Waals surface area contributed by atoms with Crippen molar-refractivity contribution in [2.75, 3.05) is 30.4 Å². The summed E-state index contributed by atoms with van der Waals surface area (Å²) in [5.41, 5.74) is 0.971. The van der Waals surface area contributed by atoms with Crippen molar-refractivity contribution in [3.05, 3.63) is 54.7 Å². The molecule has 3 heterocycles. The second-order valence-electron chi connectivity index (χ2n) is 7.90. The molecule has 2 aromatic heterocycles. The van der Waals surface area contributed by atoms with Gasteiger partial charge in [-0.3, -0.25) is 0 Å². The van der Waals surface area contributed by atoms with Gasteiger partial charge in [0, 0.05) is 32.0 Å². The van der Waals surface area contributed by atoms with Gasteiger partial charge < -0.3 is 19.5 Å². The smallest absolute Gasteiger partial charge is 0.324 e. The fourth-order valence-corrected chi connectivity index (χ4v) is 4.67. The molecule has 1 aromatic carbocycles. The van der Waals surface area contributed by atoms with E-state index in [-0.39, 0.29) is 12.1 Å². The van der Waals surface area contributed by atoms with Crippen molar-refractivity contribution in [2.24, 2.45) is 11.8 Å². The zero-order chi connectivity index (χ0) is 19.6. The van der Waals surface area contributed by atoms with Gasteiger partial charge in [-0.15, -0.1) is 0 Å². The number of fused-ring (bicyclic) bond motifs is 1. The summed E-state index contributed by atoms with van der Waals surface area (Å²) in [6.07, 6.45) is 4.03. The monoisotopic (exact) mass is 391 g/mol. The average Bonchev–Trinajstić information content (AvgIpc) is 3.41. The highest BCUT2D eigenvalue weighted by atomic mass is 16.5. The maximum absolute atomic E-state index is 5.83. The zero-order valence-corrected chi connectivity index (χ0v) is 16.4. The first kappa shape index (κ1) is 18.1. The summed E-state index contributed by atoms with van der Waals surface area (Å²) < 4.78 is 11.4. The third kappa shape index (κ3) is 3.70. The van der Waals surface area contributed by atoms with Crippen LogP contribution in [0.15, 0.2) is 59.3 Å². The molecule has 0 unspecified atom stereocenters. The summed E-state index contributed by atoms with van der Waals surface area (Å²) >= 11 is 0. The molecule has 1 saturated heterocycles. The first-order valence-electron chi connectivity index (χ1n) is 10.1. The van der Waals surface area contributed by atoms with E-state index in [0.717, 1.165) is 37.3 Å². The van der Waals surface area contributed by atoms with Crippen molar-refractivity contribution in [3.8, 4) is 11.4 Å². The maximum Gasteiger partial charge on any atom is 0.324 e. The second kappa shape index (κ2) is 7.83. The molecule has 1 N–H and O–H groups in total. The van der Waals surface area contributed by atoms with E-state index in [1.54, 1.807) is 7.11 Å². The van der Waals surface area contributed by atoms with E-state index in [1.807, 2.05) is 54.7 Å². The highest BCUT2D eigenvalue weighted by Crippen LogP contribution is 2.39. The maximum atomic E-state index is 5.83. The minimum absolute atomic E-state index is 0.167. The quantitative estimate of drug-likeness (QED) is 0.714. The largest absolute Gasteiger partial charge is 0.379 e. The van der Waals surface area contributed by atoms with E-state index in [0.29, 0.717) is 23.7 Å². The molecule has 2 fully saturated rings. The van der Waals surface area contributed by atoms with Crippen LogP contribution >= 0.6 is 0 Å². The van der Waals surface area contributed by atoms with Crippen LogP contribution in [0.2, 0.25) is 0 Å². The van der Waals surface area contributed by atoms with E-state index < -0.39 is 0 Å². The molecule has 0 radical (unpaired) electrons. The van der Waals surface area contributed by atoms with Crippen LogP contribution in [0.1, 0.15) is 12.8 Å². The van der Waals surface area contributed by atoms with Crippen LogP contribution in [0.25, 0.3) is 11.4 Å². The molecule has 1 aliphatic carbocycles. The van der Waals surface area contributed by atoms with Crippen LogP contribution in [-0.4, -0.2) is 47.5 Å². The van der Waals surface area contributed by atoms with Crippen LogP contribution in [0, 0.1) is 11.8 Å². The molecule has 3 aromatic rings. The third-order valence-corrected chi connectivity index (χ3v) is 6.14. The van der Waals surface area contributed by atoms with Gasteiger partial charge in [-0.2, -0.15) is 4.98 Å². The molecule has 4 atom stereocenters. The van der Waals surface area contributed by atoms with Crippen molar-refractivity contribution in [3.63, 3.8) is 0 Å². The van der Waals surface area contributed by atoms with Crippen molar-refractivity contribution in [1.29, 1.82) is 0 Å². The first-order valence-corrected chi connectivity index (χ1v) is 10.1. The van der Waals surface area contributed by atoms with Gasteiger partial charge in [0.2, 0.25) is 5.82 Å². The Bertz CT molecular complexity index is 933. The fourth-order valence-electron chi connectivity index (χ4n) is 4.67. The van der Waals surface area contributed by atoms with Gasteiger partial charge in [-0.1, -0.05) is 41.6 Å². The molecule has 5 rings (SSSR count). The summed E-state index contributed by atoms with van der Waals surface area (Å²) in [6.45, 7) is 1.86. The number of rotatable bonds is 5. The summed E-state index contributed by atoms with van der Waals surface area (Å²) in [7, 11) is 1.80. The summed E-state index contributed by atoms with van der Waals surface area (Å²) in [5, 5.41) is 7.75. The van der Waals surface area contributed by atoms with E-state index in [9.17, 15) is 0 Å². The highest BCUT2D eigenvalue weighted by molar-refractivity contribution is 5.55. The lowest BCUT2D eigenvalue weighted by molar-refractivity contribution is 0.0305. The van der Waals surface area contributed by atoms with Gasteiger partial charge >= 0.3 is 6.01 Å². The molecule has 29 heavy (non-hydrogen) atoms. The topological polar surface area (TPSA) is 76.3 Å². The van der Waals surface area contributed by atoms with Crippen LogP contribution in [-0.2, 0) is 4.74 Å². The van der Waals surface area contributed by atoms with E-state index in [4.69, 9.17) is 9.26 Å². The minimum atomic E-state index is 0.167. The van der Waals surface area contributed by atoms with Gasteiger partial charge in [0.15, 0.2) is 0 Å². The standard InChI is InChI=1S/C22H25N5O2/c1-28-19-12-17-14-27(22-25-21(26-29-22)15-7-3-2-4-8-15)13-16(17)11-18(19)24-20-9-5-6-10-23-20/h2-10,16-19H,11-14H2,1H3,(H,23,24)/t16-,17+,18-,19-/m1/s1. The van der Waals surface area contributed by atoms with Crippen molar-refractivity contribution in [1.82, 2.24) is 15.1 Å². The molecule has 150 valence electrons. The molecule has 0 amide bonds. The molecule has 1 saturated carbocycles. The van der Waals surface area contributed by atoms with Crippen LogP contribution in [0.3, 0.4) is 0 Å². The number of hydrogen-bond acceptors (Lipinski definition) is 7. The van der Waals surface area contributed by atoms with Gasteiger partial charge in [0.25, 0.3) is 0 Å². The Labute approximate surface area is 170 Å². The third-order valence-electron chi connectivity index (χ3n) is 6.14. The Balaban J connectivity index is 1.29. The Morgan fingerprint density at radius 2 is 1.83 bits per heavy atom. The number of benzene rings is 1. The number of aromatic nitrogens is 3. The SMILES string of the molecule is CO[C@@H]1C[C@H]2CN(c3nc(-c4ccccc4)no3)C[C@H]2C[C@H]1Nc1ccccn1. The number of anilines is 2. The molecule has 1 aliphatic heterocycles. The predicted octanol–water partition coefficient (Wildman–Crippen LogP) is 3.47. The summed E-state index contributed by atoms with van der Waals surface area (Å²) in [4.78, 5) is 11.3. The second-order valence-corrected chi connectivity index (χ2v) is 7.90. The normalized spacial score (nSPS) is 26.3. The zero-order valence-electron chi connectivity index (χ0n) is 16.4. The molecule has 2 aliphatic rings. The number of nitrogens with one attached hydrogen (secondary N) is 1. The molecule has 0 spiro atoms. The number of hydrogen-bond donors (Lipinski definition) is 1. The van der Waals surface area contributed by atoms with Crippen molar-refractivity contribution >= 4 is 11.8 Å². The van der Waals surface area contributed by atoms with Crippen molar-refractivity contribution in [2.45, 2.75) is 25.0 Å². The molecular weight excluding hydrogens is 366 g/mol. The highest BCUT2D eigenvalue weighted by Gasteiger charge is 2.43. The van der Waals surface area contributed by atoms with Gasteiger partial charge in [0.1, 0.15) is 5.82 Å². The van der Waals surface area contributed by atoms with E-state index in [1.165, 1.54) is 0 Å². The fraction of sp³-hybridized carbons (Fsp3) is 0.409. The average molecular weight is 391 g/mol. The molecule has 7 heteroatoms. The lowest BCUT2D eigenvalue weighted by atomic mass is 9.77. The number of nitrogens with zero attached hydrogens (tertiary/aromatic N) is 4. The minimum Gasteiger partial charge on any atom is -0.379 e. The lowest BCUT2D eigenvalue weighted by Gasteiger charge is -2.37. The Morgan fingerprint density at radius 1 is 1.03 bits per heavy atom. The van der Waals surface area contributed by atoms with Gasteiger partial charge in [-0.05, 0) is 36.8 Å². The first-order chi connectivity index (χ1) is 14.3. The van der Waals surface area contributed by atoms with E-state index >= 15 is 0 Å². The Morgan fingerprint density at radius 3 is 2.59 bits per heavy atom. The van der Waals surface area contributed by atoms with Gasteiger partial charge in [0.05, 0.1) is 12.1 Å². The van der Waals surface area contributed by atoms with Crippen LogP contribution in [0.4, 0.5) is 11.8 Å². The van der Waals surface area contributed by atoms with E-state index in [2.05, 4.69) is 25.3 Å². The van der Waals surface area contributed by atoms with Gasteiger partial charge in [-0.25, -0.2) is 4.98 Å². The number of methoxy groups -OCH3 is 1. The summed E-state index contributed by atoms with van der Waals surface area (Å²) in [6, 6.07) is 16.7. The number of ether oxygens (including phenoxy) is 1. The molecular formula is C22H25N5O2. The summed E-state index contributed by atoms with van der Waals surface area (Å²) in [5.74, 6) is 2.67. The molecule has 7 nitrogen and oxygen atoms in total. The van der Waals surface area contributed by atoms with Crippen LogP contribution in [0.5, 0.6) is 0 Å². The van der Waals surface area contributed by atoms with Crippen molar-refractivity contribution < 1.29 is 9.26 Å². The molecule has 0 bridgehead atoms.